The van der Waals surface area contributed by atoms with Gasteiger partial charge < -0.3 is 10.1 Å². The normalized spacial score (nSPS) is 15.8. The number of rotatable bonds is 5. The summed E-state index contributed by atoms with van der Waals surface area (Å²) >= 11 is 1.42. The molecule has 6 heteroatoms. The molecule has 1 heterocycles. The van der Waals surface area contributed by atoms with Gasteiger partial charge in [-0.05, 0) is 55.7 Å². The van der Waals surface area contributed by atoms with Crippen molar-refractivity contribution in [3.05, 3.63) is 53.8 Å². The Hall–Kier alpha value is -2.47. The number of halogens is 1. The largest absolute Gasteiger partial charge is 0.494 e. The summed E-state index contributed by atoms with van der Waals surface area (Å²) in [6.07, 6.45) is 3.37. The van der Waals surface area contributed by atoms with E-state index in [9.17, 15) is 9.18 Å². The first-order valence-electron chi connectivity index (χ1n) is 9.21. The maximum Gasteiger partial charge on any atom is 0.236 e. The van der Waals surface area contributed by atoms with E-state index in [0.29, 0.717) is 11.7 Å². The van der Waals surface area contributed by atoms with Crippen LogP contribution in [0.15, 0.2) is 42.5 Å². The van der Waals surface area contributed by atoms with Crippen molar-refractivity contribution in [1.82, 2.24) is 4.98 Å². The number of hydrogen-bond donors (Lipinski definition) is 1. The number of nitrogens with zero attached hydrogens (tertiary/aromatic N) is 1. The molecule has 1 aliphatic rings. The molecule has 1 N–H and O–H groups in total. The monoisotopic (exact) mass is 384 g/mol. The van der Waals surface area contributed by atoms with E-state index in [-0.39, 0.29) is 11.7 Å². The van der Waals surface area contributed by atoms with Crippen LogP contribution in [0.3, 0.4) is 0 Å². The van der Waals surface area contributed by atoms with Gasteiger partial charge in [0.25, 0.3) is 0 Å². The number of ether oxygens (including phenoxy) is 1. The summed E-state index contributed by atoms with van der Waals surface area (Å²) in [6.45, 7) is 2.54. The molecule has 0 bridgehead atoms. The Bertz CT molecular complexity index is 979. The lowest BCUT2D eigenvalue weighted by Gasteiger charge is -2.27. The highest BCUT2D eigenvalue weighted by molar-refractivity contribution is 7.22. The topological polar surface area (TPSA) is 51.2 Å². The molecule has 0 unspecified atom stereocenters. The lowest BCUT2D eigenvalue weighted by atomic mass is 9.78. The number of anilines is 1. The lowest BCUT2D eigenvalue weighted by Crippen LogP contribution is -2.38. The summed E-state index contributed by atoms with van der Waals surface area (Å²) in [5, 5.41) is 3.55. The number of amides is 1. The van der Waals surface area contributed by atoms with Crippen LogP contribution in [0, 0.1) is 5.82 Å². The average molecular weight is 384 g/mol. The van der Waals surface area contributed by atoms with E-state index in [1.54, 1.807) is 6.07 Å². The highest BCUT2D eigenvalue weighted by Gasteiger charge is 2.43. The molecule has 0 spiro atoms. The second-order valence-corrected chi connectivity index (χ2v) is 7.87. The predicted octanol–water partition coefficient (Wildman–Crippen LogP) is 5.28. The third-order valence-electron chi connectivity index (χ3n) is 5.16. The first-order valence-corrected chi connectivity index (χ1v) is 10.0. The fraction of sp³-hybridized carbons (Fsp3) is 0.333. The Morgan fingerprint density at radius 1 is 1.26 bits per heavy atom. The molecule has 0 saturated heterocycles. The molecule has 1 saturated carbocycles. The summed E-state index contributed by atoms with van der Waals surface area (Å²) in [4.78, 5) is 17.7. The van der Waals surface area contributed by atoms with Crippen molar-refractivity contribution in [2.75, 3.05) is 11.9 Å². The van der Waals surface area contributed by atoms with Crippen molar-refractivity contribution in [2.24, 2.45) is 0 Å². The van der Waals surface area contributed by atoms with Gasteiger partial charge in [0, 0.05) is 0 Å². The van der Waals surface area contributed by atoms with Crippen LogP contribution < -0.4 is 10.1 Å². The molecule has 0 atom stereocenters. The molecule has 27 heavy (non-hydrogen) atoms. The van der Waals surface area contributed by atoms with Gasteiger partial charge in [-0.3, -0.25) is 4.79 Å². The number of fused-ring (bicyclic) bond motifs is 1. The van der Waals surface area contributed by atoms with E-state index in [1.165, 1.54) is 23.5 Å². The summed E-state index contributed by atoms with van der Waals surface area (Å²) in [5.74, 6) is 0.378. The van der Waals surface area contributed by atoms with Crippen molar-refractivity contribution in [3.63, 3.8) is 0 Å². The highest BCUT2D eigenvalue weighted by Crippen LogP contribution is 2.42. The smallest absolute Gasteiger partial charge is 0.236 e. The molecule has 1 fully saturated rings. The minimum atomic E-state index is -0.684. The van der Waals surface area contributed by atoms with Gasteiger partial charge in [0.05, 0.1) is 22.2 Å². The molecular weight excluding hydrogens is 363 g/mol. The van der Waals surface area contributed by atoms with Gasteiger partial charge in [-0.2, -0.15) is 0 Å². The zero-order chi connectivity index (χ0) is 18.9. The standard InChI is InChI=1S/C21H21FN2O2S/c1-2-26-16-8-9-17-18(13-16)27-20(23-17)24-19(25)21(10-3-4-11-21)14-6-5-7-15(22)12-14/h5-9,12-13H,2-4,10-11H2,1H3,(H,23,24,25). The van der Waals surface area contributed by atoms with Crippen molar-refractivity contribution in [2.45, 2.75) is 38.0 Å². The third-order valence-corrected chi connectivity index (χ3v) is 6.09. The Morgan fingerprint density at radius 3 is 2.81 bits per heavy atom. The average Bonchev–Trinajstić information content (AvgIpc) is 3.29. The van der Waals surface area contributed by atoms with Crippen LogP contribution in [-0.4, -0.2) is 17.5 Å². The lowest BCUT2D eigenvalue weighted by molar-refractivity contribution is -0.121. The van der Waals surface area contributed by atoms with Crippen molar-refractivity contribution >= 4 is 32.6 Å². The Labute approximate surface area is 161 Å². The highest BCUT2D eigenvalue weighted by atomic mass is 32.1. The first-order chi connectivity index (χ1) is 13.1. The number of aromatic nitrogens is 1. The fourth-order valence-corrected chi connectivity index (χ4v) is 4.73. The summed E-state index contributed by atoms with van der Waals surface area (Å²) < 4.78 is 20.3. The third kappa shape index (κ3) is 3.41. The maximum absolute atomic E-state index is 13.8. The Morgan fingerprint density at radius 2 is 2.07 bits per heavy atom. The molecule has 1 aliphatic carbocycles. The summed E-state index contributed by atoms with van der Waals surface area (Å²) in [6, 6.07) is 12.1. The van der Waals surface area contributed by atoms with Crippen LogP contribution in [0.1, 0.15) is 38.2 Å². The van der Waals surface area contributed by atoms with E-state index in [0.717, 1.165) is 47.2 Å². The minimum Gasteiger partial charge on any atom is -0.494 e. The molecule has 4 rings (SSSR count). The van der Waals surface area contributed by atoms with Gasteiger partial charge in [0.1, 0.15) is 11.6 Å². The molecule has 1 aromatic heterocycles. The Kier molecular flexibility index (Phi) is 4.83. The number of carbonyl (C=O) groups excluding carboxylic acids is 1. The molecule has 4 nitrogen and oxygen atoms in total. The molecule has 3 aromatic rings. The Balaban J connectivity index is 1.62. The number of nitrogens with one attached hydrogen (secondary N) is 1. The maximum atomic E-state index is 13.8. The number of carbonyl (C=O) groups is 1. The van der Waals surface area contributed by atoms with Crippen molar-refractivity contribution in [1.29, 1.82) is 0 Å². The summed E-state index contributed by atoms with van der Waals surface area (Å²) in [5.41, 5.74) is 0.887. The number of hydrogen-bond acceptors (Lipinski definition) is 4. The second-order valence-electron chi connectivity index (χ2n) is 6.84. The number of benzene rings is 2. The fourth-order valence-electron chi connectivity index (χ4n) is 3.84. The quantitative estimate of drug-likeness (QED) is 0.651. The van der Waals surface area contributed by atoms with Gasteiger partial charge in [-0.25, -0.2) is 9.37 Å². The van der Waals surface area contributed by atoms with E-state index in [2.05, 4.69) is 10.3 Å². The van der Waals surface area contributed by atoms with Gasteiger partial charge in [-0.15, -0.1) is 0 Å². The molecule has 2 aromatic carbocycles. The van der Waals surface area contributed by atoms with Crippen molar-refractivity contribution < 1.29 is 13.9 Å². The van der Waals surface area contributed by atoms with Crippen LogP contribution in [0.2, 0.25) is 0 Å². The molecule has 140 valence electrons. The molecule has 0 radical (unpaired) electrons. The van der Waals surface area contributed by atoms with Crippen molar-refractivity contribution in [3.8, 4) is 5.75 Å². The molecule has 0 aliphatic heterocycles. The summed E-state index contributed by atoms with van der Waals surface area (Å²) in [7, 11) is 0. The van der Waals surface area contributed by atoms with Crippen LogP contribution in [-0.2, 0) is 10.2 Å². The van der Waals surface area contributed by atoms with E-state index < -0.39 is 5.41 Å². The predicted molar refractivity (Wildman–Crippen MR) is 106 cm³/mol. The zero-order valence-corrected chi connectivity index (χ0v) is 15.9. The van der Waals surface area contributed by atoms with Crippen LogP contribution in [0.5, 0.6) is 5.75 Å². The minimum absolute atomic E-state index is 0.102. The second kappa shape index (κ2) is 7.27. The van der Waals surface area contributed by atoms with E-state index in [4.69, 9.17) is 4.74 Å². The van der Waals surface area contributed by atoms with Crippen LogP contribution in [0.25, 0.3) is 10.2 Å². The SMILES string of the molecule is CCOc1ccc2nc(NC(=O)C3(c4cccc(F)c4)CCCC3)sc2c1. The van der Waals surface area contributed by atoms with E-state index in [1.807, 2.05) is 31.2 Å². The number of thiazole rings is 1. The molecule has 1 amide bonds. The van der Waals surface area contributed by atoms with Gasteiger partial charge in [-0.1, -0.05) is 36.3 Å². The van der Waals surface area contributed by atoms with Crippen LogP contribution in [0.4, 0.5) is 9.52 Å². The molecular formula is C21H21FN2O2S. The van der Waals surface area contributed by atoms with Gasteiger partial charge in [0.15, 0.2) is 5.13 Å². The first kappa shape index (κ1) is 17.9. The van der Waals surface area contributed by atoms with Crippen LogP contribution >= 0.6 is 11.3 Å². The zero-order valence-electron chi connectivity index (χ0n) is 15.1. The van der Waals surface area contributed by atoms with Gasteiger partial charge in [0.2, 0.25) is 5.91 Å². The van der Waals surface area contributed by atoms with Gasteiger partial charge >= 0.3 is 0 Å². The van der Waals surface area contributed by atoms with E-state index >= 15 is 0 Å².